The lowest BCUT2D eigenvalue weighted by Gasteiger charge is -2.24. The van der Waals surface area contributed by atoms with Gasteiger partial charge in [-0.3, -0.25) is 24.4 Å². The van der Waals surface area contributed by atoms with Crippen LogP contribution in [0.5, 0.6) is 0 Å². The number of aromatic nitrogens is 2. The number of hydrogen-bond donors (Lipinski definition) is 2. The molecule has 1 aromatic carbocycles. The predicted molar refractivity (Wildman–Crippen MR) is 102 cm³/mol. The molecule has 1 heterocycles. The molecule has 0 radical (unpaired) electrons. The van der Waals surface area contributed by atoms with Gasteiger partial charge in [0.25, 0.3) is 5.91 Å². The lowest BCUT2D eigenvalue weighted by Crippen LogP contribution is -2.40. The lowest BCUT2D eigenvalue weighted by molar-refractivity contribution is -0.385. The number of thioether (sulfide) groups is 1. The van der Waals surface area contributed by atoms with Crippen molar-refractivity contribution >= 4 is 35.0 Å². The Morgan fingerprint density at radius 1 is 1.41 bits per heavy atom. The van der Waals surface area contributed by atoms with Crippen molar-refractivity contribution in [2.24, 2.45) is 0 Å². The molecule has 9 nitrogen and oxygen atoms in total. The Hall–Kier alpha value is -2.88. The molecule has 2 N–H and O–H groups in total. The van der Waals surface area contributed by atoms with Crippen LogP contribution in [0.15, 0.2) is 36.7 Å². The number of hydrogen-bond acceptors (Lipinski definition) is 6. The number of aliphatic carboxylic acids is 1. The number of amides is 1. The number of nitro groups is 1. The molecule has 2 aromatic rings. The van der Waals surface area contributed by atoms with Gasteiger partial charge in [0.05, 0.1) is 11.3 Å². The highest BCUT2D eigenvalue weighted by Gasteiger charge is 2.32. The molecule has 10 heteroatoms. The molecule has 0 atom stereocenters. The Morgan fingerprint density at radius 2 is 2.15 bits per heavy atom. The molecular formula is C17H20N4O5S. The van der Waals surface area contributed by atoms with E-state index < -0.39 is 16.4 Å². The highest BCUT2D eigenvalue weighted by Crippen LogP contribution is 2.22. The van der Waals surface area contributed by atoms with E-state index >= 15 is 0 Å². The van der Waals surface area contributed by atoms with Gasteiger partial charge in [-0.25, -0.2) is 0 Å². The number of carbonyl (C=O) groups is 2. The third-order valence-corrected chi connectivity index (χ3v) is 4.85. The maximum atomic E-state index is 12.6. The van der Waals surface area contributed by atoms with E-state index in [-0.39, 0.29) is 18.0 Å². The van der Waals surface area contributed by atoms with Crippen molar-refractivity contribution in [2.45, 2.75) is 31.6 Å². The van der Waals surface area contributed by atoms with Crippen LogP contribution in [0.2, 0.25) is 0 Å². The lowest BCUT2D eigenvalue weighted by atomic mass is 10.0. The molecule has 0 bridgehead atoms. The molecule has 0 fully saturated rings. The average molecular weight is 392 g/mol. The van der Waals surface area contributed by atoms with Crippen molar-refractivity contribution < 1.29 is 19.6 Å². The van der Waals surface area contributed by atoms with E-state index in [1.165, 1.54) is 22.6 Å². The number of nitrogens with one attached hydrogen (secondary N) is 1. The van der Waals surface area contributed by atoms with Crippen LogP contribution >= 0.6 is 11.8 Å². The molecule has 0 saturated heterocycles. The maximum absolute atomic E-state index is 12.6. The van der Waals surface area contributed by atoms with Gasteiger partial charge in [-0.1, -0.05) is 12.1 Å². The van der Waals surface area contributed by atoms with Crippen LogP contribution in [-0.2, 0) is 20.9 Å². The second kappa shape index (κ2) is 8.67. The number of benzene rings is 1. The molecule has 27 heavy (non-hydrogen) atoms. The number of nitrogens with zero attached hydrogens (tertiary/aromatic N) is 3. The molecule has 1 aromatic heterocycles. The molecular weight excluding hydrogens is 372 g/mol. The molecule has 0 unspecified atom stereocenters. The normalized spacial score (nSPS) is 11.2. The third-order valence-electron chi connectivity index (χ3n) is 3.82. The molecule has 0 saturated carbocycles. The van der Waals surface area contributed by atoms with Crippen molar-refractivity contribution in [3.05, 3.63) is 52.3 Å². The first-order chi connectivity index (χ1) is 12.7. The maximum Gasteiger partial charge on any atom is 0.307 e. The number of carboxylic acid groups (broad SMARTS) is 1. The summed E-state index contributed by atoms with van der Waals surface area (Å²) in [6, 6.07) is 7.25. The van der Waals surface area contributed by atoms with Gasteiger partial charge >= 0.3 is 11.7 Å². The summed E-state index contributed by atoms with van der Waals surface area (Å²) in [5.41, 5.74) is 0.235. The molecule has 0 aliphatic heterocycles. The van der Waals surface area contributed by atoms with Gasteiger partial charge in [0.2, 0.25) is 0 Å². The van der Waals surface area contributed by atoms with E-state index in [0.29, 0.717) is 17.2 Å². The van der Waals surface area contributed by atoms with E-state index in [1.807, 2.05) is 12.1 Å². The quantitative estimate of drug-likeness (QED) is 0.381. The Morgan fingerprint density at radius 3 is 2.78 bits per heavy atom. The van der Waals surface area contributed by atoms with Gasteiger partial charge in [-0.2, -0.15) is 16.9 Å². The van der Waals surface area contributed by atoms with Crippen LogP contribution < -0.4 is 5.32 Å². The van der Waals surface area contributed by atoms with Gasteiger partial charge in [-0.05, 0) is 31.5 Å². The first kappa shape index (κ1) is 20.4. The summed E-state index contributed by atoms with van der Waals surface area (Å²) in [5.74, 6) is -0.0521. The summed E-state index contributed by atoms with van der Waals surface area (Å²) >= 11 is 1.50. The van der Waals surface area contributed by atoms with Gasteiger partial charge in [0.15, 0.2) is 0 Å². The van der Waals surface area contributed by atoms with Crippen molar-refractivity contribution in [3.8, 4) is 0 Å². The third kappa shape index (κ3) is 5.55. The van der Waals surface area contributed by atoms with E-state index in [2.05, 4.69) is 10.4 Å². The van der Waals surface area contributed by atoms with Crippen molar-refractivity contribution in [1.29, 1.82) is 0 Å². The second-order valence-electron chi connectivity index (χ2n) is 6.31. The van der Waals surface area contributed by atoms with Gasteiger partial charge in [-0.15, -0.1) is 0 Å². The van der Waals surface area contributed by atoms with E-state index in [4.69, 9.17) is 5.11 Å². The number of anilines is 1. The second-order valence-corrected chi connectivity index (χ2v) is 7.42. The smallest absolute Gasteiger partial charge is 0.307 e. The minimum atomic E-state index is -1.12. The fraction of sp³-hybridized carbons (Fsp3) is 0.353. The summed E-state index contributed by atoms with van der Waals surface area (Å²) in [6.45, 7) is 3.23. The van der Waals surface area contributed by atoms with E-state index in [9.17, 15) is 19.7 Å². The molecule has 0 spiro atoms. The van der Waals surface area contributed by atoms with Gasteiger partial charge in [0, 0.05) is 17.2 Å². The van der Waals surface area contributed by atoms with Crippen LogP contribution in [0, 0.1) is 10.1 Å². The Kier molecular flexibility index (Phi) is 6.56. The fourth-order valence-electron chi connectivity index (χ4n) is 2.19. The topological polar surface area (TPSA) is 127 Å². The molecule has 1 amide bonds. The van der Waals surface area contributed by atoms with E-state index in [1.54, 1.807) is 26.0 Å². The van der Waals surface area contributed by atoms with Crippen LogP contribution in [0.3, 0.4) is 0 Å². The number of carboxylic acids is 1. The Bertz CT molecular complexity index is 849. The Balaban J connectivity index is 2.02. The minimum absolute atomic E-state index is 0.102. The first-order valence-corrected chi connectivity index (χ1v) is 9.25. The molecule has 0 aliphatic carbocycles. The molecule has 0 aliphatic rings. The van der Waals surface area contributed by atoms with Gasteiger partial charge in [0.1, 0.15) is 17.9 Å². The summed E-state index contributed by atoms with van der Waals surface area (Å²) < 4.78 is 1.26. The monoisotopic (exact) mass is 392 g/mol. The van der Waals surface area contributed by atoms with Crippen molar-refractivity contribution in [2.75, 3.05) is 11.1 Å². The molecule has 2 rings (SSSR count). The first-order valence-electron chi connectivity index (χ1n) is 8.09. The number of carbonyl (C=O) groups excluding carboxylic acids is 1. The predicted octanol–water partition coefficient (Wildman–Crippen LogP) is 2.87. The standard InChI is InChI=1S/C17H20N4O5S/c1-17(2,20-10-14(9-18-20)21(25)26)16(24)19-13-5-3-4-12(8-13)11-27-7-6-15(22)23/h3-5,8-10H,6-7,11H2,1-2H3,(H,19,24)(H,22,23). The largest absolute Gasteiger partial charge is 0.481 e. The summed E-state index contributed by atoms with van der Waals surface area (Å²) in [5, 5.41) is 26.2. The Labute approximate surface area is 159 Å². The average Bonchev–Trinajstić information content (AvgIpc) is 3.10. The highest BCUT2D eigenvalue weighted by atomic mass is 32.2. The fourth-order valence-corrected chi connectivity index (χ4v) is 3.07. The summed E-state index contributed by atoms with van der Waals surface area (Å²) in [4.78, 5) is 33.4. The van der Waals surface area contributed by atoms with Crippen LogP contribution in [0.25, 0.3) is 0 Å². The van der Waals surface area contributed by atoms with Crippen LogP contribution in [0.1, 0.15) is 25.8 Å². The highest BCUT2D eigenvalue weighted by molar-refractivity contribution is 7.98. The van der Waals surface area contributed by atoms with E-state index in [0.717, 1.165) is 11.8 Å². The molecule has 144 valence electrons. The van der Waals surface area contributed by atoms with Crippen LogP contribution in [-0.4, -0.2) is 37.4 Å². The zero-order chi connectivity index (χ0) is 20.0. The number of rotatable bonds is 9. The minimum Gasteiger partial charge on any atom is -0.481 e. The zero-order valence-electron chi connectivity index (χ0n) is 14.9. The summed E-state index contributed by atoms with van der Waals surface area (Å²) in [6.07, 6.45) is 2.42. The van der Waals surface area contributed by atoms with Crippen molar-refractivity contribution in [1.82, 2.24) is 9.78 Å². The van der Waals surface area contributed by atoms with Gasteiger partial charge < -0.3 is 10.4 Å². The zero-order valence-corrected chi connectivity index (χ0v) is 15.7. The van der Waals surface area contributed by atoms with Crippen molar-refractivity contribution in [3.63, 3.8) is 0 Å². The SMILES string of the molecule is CC(C)(C(=O)Nc1cccc(CSCCC(=O)O)c1)n1cc([N+](=O)[O-])cn1. The van der Waals surface area contributed by atoms with Crippen LogP contribution in [0.4, 0.5) is 11.4 Å². The summed E-state index contributed by atoms with van der Waals surface area (Å²) in [7, 11) is 0.